The average Bonchev–Trinajstić information content (AvgIpc) is 2.76. The molecule has 0 spiro atoms. The molecule has 0 heterocycles. The van der Waals surface area contributed by atoms with Crippen LogP contribution in [0.2, 0.25) is 0 Å². The van der Waals surface area contributed by atoms with E-state index in [4.69, 9.17) is 0 Å². The summed E-state index contributed by atoms with van der Waals surface area (Å²) in [6, 6.07) is 6.10. The Morgan fingerprint density at radius 1 is 0.697 bits per heavy atom. The van der Waals surface area contributed by atoms with Gasteiger partial charge in [-0.3, -0.25) is 4.79 Å². The summed E-state index contributed by atoms with van der Waals surface area (Å²) in [7, 11) is 0. The minimum Gasteiger partial charge on any atom is -0.549 e. The van der Waals surface area contributed by atoms with Crippen LogP contribution in [-0.4, -0.2) is 24.3 Å². The SMILES string of the molecule is CC(C)CCCCCCCCCCCCCCNc1ccc(C(=O)C(C(=O)[O-])C(=O)[O-])cc1. The van der Waals surface area contributed by atoms with E-state index in [2.05, 4.69) is 19.2 Å². The first-order valence-corrected chi connectivity index (χ1v) is 12.6. The van der Waals surface area contributed by atoms with Crippen molar-refractivity contribution in [1.29, 1.82) is 0 Å². The van der Waals surface area contributed by atoms with E-state index < -0.39 is 23.6 Å². The first-order chi connectivity index (χ1) is 15.8. The summed E-state index contributed by atoms with van der Waals surface area (Å²) >= 11 is 0. The summed E-state index contributed by atoms with van der Waals surface area (Å²) in [5.74, 6) is -6.42. The number of ketones is 1. The Balaban J connectivity index is 2.04. The molecule has 0 atom stereocenters. The van der Waals surface area contributed by atoms with Gasteiger partial charge in [-0.15, -0.1) is 0 Å². The van der Waals surface area contributed by atoms with Crippen molar-refractivity contribution in [2.45, 2.75) is 97.3 Å². The fraction of sp³-hybridized carbons (Fsp3) is 0.667. The number of carbonyl (C=O) groups is 3. The number of benzene rings is 1. The van der Waals surface area contributed by atoms with Crippen LogP contribution >= 0.6 is 0 Å². The largest absolute Gasteiger partial charge is 0.549 e. The van der Waals surface area contributed by atoms with Crippen LogP contribution in [0.5, 0.6) is 0 Å². The zero-order valence-corrected chi connectivity index (χ0v) is 20.4. The van der Waals surface area contributed by atoms with Crippen LogP contribution in [0.25, 0.3) is 0 Å². The van der Waals surface area contributed by atoms with E-state index in [0.717, 1.165) is 24.6 Å². The molecule has 1 N–H and O–H groups in total. The monoisotopic (exact) mass is 459 g/mol. The van der Waals surface area contributed by atoms with Crippen molar-refractivity contribution in [3.8, 4) is 0 Å². The van der Waals surface area contributed by atoms with E-state index >= 15 is 0 Å². The van der Waals surface area contributed by atoms with Gasteiger partial charge in [0.2, 0.25) is 0 Å². The maximum atomic E-state index is 12.0. The van der Waals surface area contributed by atoms with E-state index in [1.807, 2.05) is 0 Å². The van der Waals surface area contributed by atoms with Gasteiger partial charge in [0.1, 0.15) is 5.92 Å². The lowest BCUT2D eigenvalue weighted by Gasteiger charge is -2.17. The Kier molecular flexibility index (Phi) is 14.9. The van der Waals surface area contributed by atoms with Crippen molar-refractivity contribution in [2.24, 2.45) is 11.8 Å². The number of carboxylic acids is 2. The summed E-state index contributed by atoms with van der Waals surface area (Å²) in [5.41, 5.74) is 0.805. The quantitative estimate of drug-likeness (QED) is 0.178. The molecule has 0 saturated heterocycles. The fourth-order valence-corrected chi connectivity index (χ4v) is 3.91. The third-order valence-electron chi connectivity index (χ3n) is 5.94. The maximum Gasteiger partial charge on any atom is 0.177 e. The van der Waals surface area contributed by atoms with Gasteiger partial charge in [0.25, 0.3) is 0 Å². The molecule has 0 saturated carbocycles. The average molecular weight is 460 g/mol. The number of carboxylic acid groups (broad SMARTS) is 2. The summed E-state index contributed by atoms with van der Waals surface area (Å²) in [5, 5.41) is 24.9. The number of anilines is 1. The van der Waals surface area contributed by atoms with Crippen LogP contribution in [0.3, 0.4) is 0 Å². The Morgan fingerprint density at radius 3 is 1.55 bits per heavy atom. The molecule has 0 radical (unpaired) electrons. The summed E-state index contributed by atoms with van der Waals surface area (Å²) in [6.07, 6.45) is 17.0. The topological polar surface area (TPSA) is 109 Å². The van der Waals surface area contributed by atoms with Gasteiger partial charge in [-0.2, -0.15) is 0 Å². The van der Waals surface area contributed by atoms with Crippen molar-refractivity contribution in [2.75, 3.05) is 11.9 Å². The van der Waals surface area contributed by atoms with Crippen LogP contribution in [-0.2, 0) is 9.59 Å². The number of unbranched alkanes of at least 4 members (excludes halogenated alkanes) is 11. The number of rotatable bonds is 20. The van der Waals surface area contributed by atoms with Gasteiger partial charge in [-0.1, -0.05) is 90.9 Å². The standard InChI is InChI=1S/C27H43NO5/c1-21(2)15-13-11-9-7-5-3-4-6-8-10-12-14-20-28-23-18-16-22(17-19-23)25(29)24(26(30)31)27(32)33/h16-19,21,24,28H,3-15,20H2,1-2H3,(H,30,31)(H,32,33)/p-2. The Bertz CT molecular complexity index is 685. The number of nitrogens with one attached hydrogen (secondary N) is 1. The molecule has 0 aromatic heterocycles. The van der Waals surface area contributed by atoms with E-state index in [1.54, 1.807) is 12.1 Å². The summed E-state index contributed by atoms with van der Waals surface area (Å²) < 4.78 is 0. The molecule has 1 aromatic rings. The summed E-state index contributed by atoms with van der Waals surface area (Å²) in [6.45, 7) is 5.40. The van der Waals surface area contributed by atoms with Gasteiger partial charge in [0.15, 0.2) is 5.78 Å². The molecule has 0 aliphatic rings. The van der Waals surface area contributed by atoms with E-state index in [-0.39, 0.29) is 5.56 Å². The third-order valence-corrected chi connectivity index (χ3v) is 5.94. The lowest BCUT2D eigenvalue weighted by atomic mass is 9.97. The van der Waals surface area contributed by atoms with Crippen molar-refractivity contribution in [3.05, 3.63) is 29.8 Å². The highest BCUT2D eigenvalue weighted by atomic mass is 16.4. The molecule has 0 unspecified atom stereocenters. The van der Waals surface area contributed by atoms with Gasteiger partial charge in [0, 0.05) is 17.8 Å². The minimum atomic E-state index is -2.29. The van der Waals surface area contributed by atoms with Gasteiger partial charge in [-0.05, 0) is 36.6 Å². The van der Waals surface area contributed by atoms with E-state index in [0.29, 0.717) is 0 Å². The van der Waals surface area contributed by atoms with Crippen molar-refractivity contribution in [3.63, 3.8) is 0 Å². The number of hydrogen-bond donors (Lipinski definition) is 1. The van der Waals surface area contributed by atoms with E-state index in [1.165, 1.54) is 89.2 Å². The normalized spacial score (nSPS) is 11.2. The zero-order chi connectivity index (χ0) is 24.5. The molecule has 0 aliphatic carbocycles. The predicted octanol–water partition coefficient (Wildman–Crippen LogP) is 4.12. The van der Waals surface area contributed by atoms with Crippen molar-refractivity contribution < 1.29 is 24.6 Å². The first kappa shape index (κ1) is 28.7. The fourth-order valence-electron chi connectivity index (χ4n) is 3.91. The van der Waals surface area contributed by atoms with Crippen LogP contribution in [0.15, 0.2) is 24.3 Å². The highest BCUT2D eigenvalue weighted by Gasteiger charge is 2.22. The lowest BCUT2D eigenvalue weighted by Crippen LogP contribution is -2.47. The van der Waals surface area contributed by atoms with Crippen molar-refractivity contribution in [1.82, 2.24) is 0 Å². The molecule has 33 heavy (non-hydrogen) atoms. The lowest BCUT2D eigenvalue weighted by molar-refractivity contribution is -0.328. The van der Waals surface area contributed by atoms with Gasteiger partial charge >= 0.3 is 0 Å². The molecule has 0 aliphatic heterocycles. The van der Waals surface area contributed by atoms with Gasteiger partial charge < -0.3 is 25.1 Å². The van der Waals surface area contributed by atoms with Gasteiger partial charge in [-0.25, -0.2) is 0 Å². The van der Waals surface area contributed by atoms with Crippen LogP contribution in [0, 0.1) is 11.8 Å². The molecule has 0 fully saturated rings. The first-order valence-electron chi connectivity index (χ1n) is 12.6. The smallest absolute Gasteiger partial charge is 0.177 e. The van der Waals surface area contributed by atoms with E-state index in [9.17, 15) is 24.6 Å². The molecule has 1 rings (SSSR count). The van der Waals surface area contributed by atoms with Crippen LogP contribution in [0.1, 0.15) is 108 Å². The summed E-state index contributed by atoms with van der Waals surface area (Å²) in [4.78, 5) is 33.7. The molecule has 0 bridgehead atoms. The molecular weight excluding hydrogens is 418 g/mol. The Hall–Kier alpha value is -2.37. The molecular formula is C27H41NO5-2. The molecule has 0 amide bonds. The third kappa shape index (κ3) is 13.1. The second-order valence-corrected chi connectivity index (χ2v) is 9.36. The predicted molar refractivity (Wildman–Crippen MR) is 128 cm³/mol. The van der Waals surface area contributed by atoms with Crippen molar-refractivity contribution >= 4 is 23.4 Å². The molecule has 6 heteroatoms. The Labute approximate surface area is 199 Å². The molecule has 186 valence electrons. The number of hydrogen-bond acceptors (Lipinski definition) is 6. The second-order valence-electron chi connectivity index (χ2n) is 9.36. The number of aliphatic carboxylic acids is 2. The van der Waals surface area contributed by atoms with Crippen LogP contribution < -0.4 is 15.5 Å². The Morgan fingerprint density at radius 2 is 1.12 bits per heavy atom. The number of Topliss-reactive ketones (excluding diaryl/α,β-unsaturated/α-hetero) is 1. The molecule has 1 aromatic carbocycles. The maximum absolute atomic E-state index is 12.0. The van der Waals surface area contributed by atoms with Crippen LogP contribution in [0.4, 0.5) is 5.69 Å². The minimum absolute atomic E-state index is 0.00470. The highest BCUT2D eigenvalue weighted by molar-refractivity contribution is 6.19. The molecule has 6 nitrogen and oxygen atoms in total. The zero-order valence-electron chi connectivity index (χ0n) is 20.4. The second kappa shape index (κ2) is 17.2. The number of carbonyl (C=O) groups excluding carboxylic acids is 3. The van der Waals surface area contributed by atoms with Gasteiger partial charge in [0.05, 0.1) is 11.9 Å². The highest BCUT2D eigenvalue weighted by Crippen LogP contribution is 2.16.